The van der Waals surface area contributed by atoms with E-state index in [0.717, 1.165) is 18.2 Å². The Kier molecular flexibility index (Phi) is 2.45. The van der Waals surface area contributed by atoms with Crippen LogP contribution in [0.3, 0.4) is 0 Å². The van der Waals surface area contributed by atoms with Gasteiger partial charge < -0.3 is 9.73 Å². The number of benzene rings is 1. The van der Waals surface area contributed by atoms with Gasteiger partial charge >= 0.3 is 0 Å². The van der Waals surface area contributed by atoms with Crippen LogP contribution in [-0.2, 0) is 5.67 Å². The predicted octanol–water partition coefficient (Wildman–Crippen LogP) is 4.17. The first kappa shape index (κ1) is 11.7. The molecule has 2 unspecified atom stereocenters. The van der Waals surface area contributed by atoms with Gasteiger partial charge in [-0.2, -0.15) is 0 Å². The number of hydrogen-bond acceptors (Lipinski definition) is 2. The molecule has 2 saturated heterocycles. The maximum absolute atomic E-state index is 15.2. The normalized spacial score (nSPS) is 34.0. The number of fused-ring (bicyclic) bond motifs is 3. The molecule has 4 heteroatoms. The first-order valence-corrected chi connectivity index (χ1v) is 7.15. The zero-order valence-corrected chi connectivity index (χ0v) is 11.2. The van der Waals surface area contributed by atoms with E-state index in [2.05, 4.69) is 5.32 Å². The van der Waals surface area contributed by atoms with Crippen LogP contribution >= 0.6 is 11.6 Å². The van der Waals surface area contributed by atoms with Crippen molar-refractivity contribution in [2.24, 2.45) is 0 Å². The Labute approximate surface area is 115 Å². The molecule has 0 saturated carbocycles. The quantitative estimate of drug-likeness (QED) is 0.848. The molecule has 3 heterocycles. The molecule has 2 aromatic rings. The molecule has 0 spiro atoms. The van der Waals surface area contributed by atoms with Crippen molar-refractivity contribution in [3.63, 3.8) is 0 Å². The van der Waals surface area contributed by atoms with Crippen molar-refractivity contribution in [1.29, 1.82) is 0 Å². The lowest BCUT2D eigenvalue weighted by Crippen LogP contribution is -2.44. The smallest absolute Gasteiger partial charge is 0.171 e. The zero-order valence-electron chi connectivity index (χ0n) is 10.5. The second-order valence-electron chi connectivity index (χ2n) is 5.80. The zero-order chi connectivity index (χ0) is 13.0. The topological polar surface area (TPSA) is 25.2 Å². The maximum atomic E-state index is 15.2. The lowest BCUT2D eigenvalue weighted by atomic mass is 9.87. The highest BCUT2D eigenvalue weighted by molar-refractivity contribution is 6.31. The van der Waals surface area contributed by atoms with E-state index in [-0.39, 0.29) is 0 Å². The van der Waals surface area contributed by atoms with Crippen molar-refractivity contribution in [2.75, 3.05) is 0 Å². The molecule has 2 aliphatic heterocycles. The molecule has 0 aliphatic carbocycles. The molecule has 2 bridgehead atoms. The van der Waals surface area contributed by atoms with Crippen LogP contribution in [0, 0.1) is 0 Å². The van der Waals surface area contributed by atoms with Gasteiger partial charge in [0.25, 0.3) is 0 Å². The fourth-order valence-electron chi connectivity index (χ4n) is 3.52. The van der Waals surface area contributed by atoms with Crippen molar-refractivity contribution in [1.82, 2.24) is 5.32 Å². The summed E-state index contributed by atoms with van der Waals surface area (Å²) in [5, 5.41) is 4.99. The number of rotatable bonds is 1. The fraction of sp³-hybridized carbons (Fsp3) is 0.467. The summed E-state index contributed by atoms with van der Waals surface area (Å²) in [7, 11) is 0. The first-order chi connectivity index (χ1) is 9.12. The van der Waals surface area contributed by atoms with Gasteiger partial charge in [-0.3, -0.25) is 0 Å². The molecular formula is C15H15ClFNO. The van der Waals surface area contributed by atoms with Crippen LogP contribution in [0.25, 0.3) is 11.0 Å². The molecule has 4 rings (SSSR count). The van der Waals surface area contributed by atoms with Crippen molar-refractivity contribution >= 4 is 22.6 Å². The molecule has 2 nitrogen and oxygen atoms in total. The van der Waals surface area contributed by atoms with Gasteiger partial charge in [0.05, 0.1) is 0 Å². The summed E-state index contributed by atoms with van der Waals surface area (Å²) in [5.74, 6) is 0.461. The van der Waals surface area contributed by atoms with Crippen molar-refractivity contribution in [2.45, 2.75) is 43.4 Å². The van der Waals surface area contributed by atoms with Crippen LogP contribution in [0.1, 0.15) is 31.4 Å². The Hall–Kier alpha value is -1.06. The average Bonchev–Trinajstić information content (AvgIpc) is 2.93. The minimum Gasteiger partial charge on any atom is -0.458 e. The summed E-state index contributed by atoms with van der Waals surface area (Å²) in [5.41, 5.74) is -0.620. The third-order valence-corrected chi connectivity index (χ3v) is 4.63. The number of piperidine rings is 1. The molecule has 0 radical (unpaired) electrons. The van der Waals surface area contributed by atoms with E-state index in [0.29, 0.717) is 41.3 Å². The highest BCUT2D eigenvalue weighted by Crippen LogP contribution is 2.45. The molecule has 2 fully saturated rings. The summed E-state index contributed by atoms with van der Waals surface area (Å²) >= 11 is 5.96. The minimum absolute atomic E-state index is 0.292. The second kappa shape index (κ2) is 3.97. The van der Waals surface area contributed by atoms with Crippen molar-refractivity contribution < 1.29 is 8.81 Å². The summed E-state index contributed by atoms with van der Waals surface area (Å²) in [6.45, 7) is 0. The third-order valence-electron chi connectivity index (χ3n) is 4.39. The molecule has 0 amide bonds. The van der Waals surface area contributed by atoms with Gasteiger partial charge in [-0.25, -0.2) is 4.39 Å². The largest absolute Gasteiger partial charge is 0.458 e. The van der Waals surface area contributed by atoms with Crippen LogP contribution < -0.4 is 5.32 Å². The van der Waals surface area contributed by atoms with E-state index in [1.54, 1.807) is 12.1 Å². The number of nitrogens with one attached hydrogen (secondary N) is 1. The van der Waals surface area contributed by atoms with Gasteiger partial charge in [0.15, 0.2) is 5.67 Å². The SMILES string of the molecule is FC1(c2cc3cc(Cl)ccc3o2)CC2CCC(C1)N2. The van der Waals surface area contributed by atoms with Crippen LogP contribution in [0.15, 0.2) is 28.7 Å². The van der Waals surface area contributed by atoms with E-state index in [9.17, 15) is 0 Å². The molecule has 19 heavy (non-hydrogen) atoms. The Bertz CT molecular complexity index is 626. The summed E-state index contributed by atoms with van der Waals surface area (Å²) in [4.78, 5) is 0. The standard InChI is InChI=1S/C15H15ClFNO/c16-10-1-4-13-9(5-10)6-14(19-13)15(17)7-11-2-3-12(8-15)18-11/h1,4-6,11-12,18H,2-3,7-8H2. The Morgan fingerprint density at radius 2 is 1.95 bits per heavy atom. The van der Waals surface area contributed by atoms with Gasteiger partial charge in [0.2, 0.25) is 0 Å². The predicted molar refractivity (Wildman–Crippen MR) is 73.2 cm³/mol. The fourth-order valence-corrected chi connectivity index (χ4v) is 3.71. The minimum atomic E-state index is -1.33. The Morgan fingerprint density at radius 3 is 2.68 bits per heavy atom. The summed E-state index contributed by atoms with van der Waals surface area (Å²) in [6, 6.07) is 7.80. The molecule has 1 N–H and O–H groups in total. The molecule has 2 aliphatic rings. The first-order valence-electron chi connectivity index (χ1n) is 6.77. The van der Waals surface area contributed by atoms with Gasteiger partial charge in [-0.1, -0.05) is 11.6 Å². The highest BCUT2D eigenvalue weighted by atomic mass is 35.5. The number of halogens is 2. The molecule has 2 atom stereocenters. The molecule has 1 aromatic heterocycles. The van der Waals surface area contributed by atoms with E-state index in [1.807, 2.05) is 12.1 Å². The molecule has 1 aromatic carbocycles. The van der Waals surface area contributed by atoms with Crippen LogP contribution in [0.4, 0.5) is 4.39 Å². The van der Waals surface area contributed by atoms with Crippen LogP contribution in [0.2, 0.25) is 5.02 Å². The Morgan fingerprint density at radius 1 is 1.21 bits per heavy atom. The Balaban J connectivity index is 1.76. The van der Waals surface area contributed by atoms with Crippen LogP contribution in [-0.4, -0.2) is 12.1 Å². The molecule has 100 valence electrons. The van der Waals surface area contributed by atoms with E-state index >= 15 is 4.39 Å². The average molecular weight is 280 g/mol. The number of alkyl halides is 1. The van der Waals surface area contributed by atoms with Gasteiger partial charge in [-0.15, -0.1) is 0 Å². The van der Waals surface area contributed by atoms with Crippen molar-refractivity contribution in [3.05, 3.63) is 35.0 Å². The van der Waals surface area contributed by atoms with Gasteiger partial charge in [-0.05, 0) is 37.1 Å². The number of hydrogen-bond donors (Lipinski definition) is 1. The number of furan rings is 1. The van der Waals surface area contributed by atoms with Gasteiger partial charge in [0, 0.05) is 35.3 Å². The van der Waals surface area contributed by atoms with Gasteiger partial charge in [0.1, 0.15) is 11.3 Å². The third kappa shape index (κ3) is 1.87. The monoisotopic (exact) mass is 279 g/mol. The lowest BCUT2D eigenvalue weighted by Gasteiger charge is -2.33. The maximum Gasteiger partial charge on any atom is 0.171 e. The van der Waals surface area contributed by atoms with E-state index in [4.69, 9.17) is 16.0 Å². The molecular weight excluding hydrogens is 265 g/mol. The summed E-state index contributed by atoms with van der Waals surface area (Å²) in [6.07, 6.45) is 3.17. The summed E-state index contributed by atoms with van der Waals surface area (Å²) < 4.78 is 20.9. The highest BCUT2D eigenvalue weighted by Gasteiger charge is 2.47. The van der Waals surface area contributed by atoms with E-state index in [1.165, 1.54) is 0 Å². The lowest BCUT2D eigenvalue weighted by molar-refractivity contribution is 0.0645. The van der Waals surface area contributed by atoms with E-state index < -0.39 is 5.67 Å². The van der Waals surface area contributed by atoms with Crippen LogP contribution in [0.5, 0.6) is 0 Å². The van der Waals surface area contributed by atoms with Crippen molar-refractivity contribution in [3.8, 4) is 0 Å². The second-order valence-corrected chi connectivity index (χ2v) is 6.24.